The topological polar surface area (TPSA) is 61.4 Å². The lowest BCUT2D eigenvalue weighted by molar-refractivity contribution is 0.433. The van der Waals surface area contributed by atoms with Crippen LogP contribution in [0.25, 0.3) is 22.1 Å². The summed E-state index contributed by atoms with van der Waals surface area (Å²) in [6.45, 7) is 1.30. The second kappa shape index (κ2) is 4.41. The monoisotopic (exact) mass is 264 g/mol. The van der Waals surface area contributed by atoms with E-state index in [-0.39, 0.29) is 0 Å². The third kappa shape index (κ3) is 1.91. The molecule has 0 bridgehead atoms. The number of aromatic nitrogens is 6. The van der Waals surface area contributed by atoms with Gasteiger partial charge in [-0.1, -0.05) is 24.3 Å². The third-order valence-electron chi connectivity index (χ3n) is 3.16. The summed E-state index contributed by atoms with van der Waals surface area (Å²) in [4.78, 5) is 3.39. The van der Waals surface area contributed by atoms with Crippen molar-refractivity contribution in [2.75, 3.05) is 0 Å². The molecule has 0 unspecified atom stereocenters. The van der Waals surface area contributed by atoms with Gasteiger partial charge in [0, 0.05) is 0 Å². The molecule has 0 radical (unpaired) electrons. The highest BCUT2D eigenvalue weighted by molar-refractivity contribution is 5.73. The van der Waals surface area contributed by atoms with Gasteiger partial charge in [0.15, 0.2) is 0 Å². The van der Waals surface area contributed by atoms with Gasteiger partial charge < -0.3 is 0 Å². The van der Waals surface area contributed by atoms with E-state index in [0.717, 1.165) is 22.1 Å². The Morgan fingerprint density at radius 1 is 0.550 bits per heavy atom. The summed E-state index contributed by atoms with van der Waals surface area (Å²) in [6, 6.07) is 15.7. The molecule has 0 atom stereocenters. The summed E-state index contributed by atoms with van der Waals surface area (Å²) in [5.74, 6) is 0. The average molecular weight is 264 g/mol. The number of nitrogens with zero attached hydrogens (tertiary/aromatic N) is 6. The molecule has 0 spiro atoms. The zero-order valence-corrected chi connectivity index (χ0v) is 10.7. The van der Waals surface area contributed by atoms with Crippen molar-refractivity contribution in [3.63, 3.8) is 0 Å². The largest absolute Gasteiger partial charge is 0.182 e. The smallest absolute Gasteiger partial charge is 0.113 e. The molecule has 0 saturated carbocycles. The van der Waals surface area contributed by atoms with Crippen molar-refractivity contribution < 1.29 is 0 Å². The van der Waals surface area contributed by atoms with Crippen molar-refractivity contribution in [2.24, 2.45) is 0 Å². The molecule has 98 valence electrons. The van der Waals surface area contributed by atoms with Gasteiger partial charge in [0.1, 0.15) is 22.1 Å². The van der Waals surface area contributed by atoms with Crippen LogP contribution in [0.4, 0.5) is 0 Å². The Labute approximate surface area is 114 Å². The summed E-state index contributed by atoms with van der Waals surface area (Å²) in [6.07, 6.45) is 0. The van der Waals surface area contributed by atoms with E-state index in [2.05, 4.69) is 20.4 Å². The molecule has 0 aliphatic heterocycles. The van der Waals surface area contributed by atoms with E-state index in [1.54, 1.807) is 9.59 Å². The van der Waals surface area contributed by atoms with Crippen LogP contribution in [-0.2, 0) is 13.1 Å². The van der Waals surface area contributed by atoms with Crippen LogP contribution in [-0.4, -0.2) is 30.0 Å². The van der Waals surface area contributed by atoms with Gasteiger partial charge in [-0.2, -0.15) is 30.0 Å². The van der Waals surface area contributed by atoms with Crippen molar-refractivity contribution in [3.05, 3.63) is 48.5 Å². The van der Waals surface area contributed by atoms with Gasteiger partial charge in [-0.15, -0.1) is 0 Å². The van der Waals surface area contributed by atoms with Crippen LogP contribution in [0.1, 0.15) is 0 Å². The summed E-state index contributed by atoms with van der Waals surface area (Å²) in [7, 11) is 0. The van der Waals surface area contributed by atoms with Crippen molar-refractivity contribution in [2.45, 2.75) is 13.1 Å². The Morgan fingerprint density at radius 2 is 0.850 bits per heavy atom. The van der Waals surface area contributed by atoms with Gasteiger partial charge in [-0.05, 0) is 24.3 Å². The molecule has 4 rings (SSSR count). The first-order chi connectivity index (χ1) is 9.88. The third-order valence-corrected chi connectivity index (χ3v) is 3.16. The maximum absolute atomic E-state index is 4.42. The van der Waals surface area contributed by atoms with Crippen LogP contribution < -0.4 is 0 Å². The highest BCUT2D eigenvalue weighted by atomic mass is 15.5. The predicted molar refractivity (Wildman–Crippen MR) is 75.1 cm³/mol. The lowest BCUT2D eigenvalue weighted by atomic mass is 10.3. The van der Waals surface area contributed by atoms with Gasteiger partial charge in [-0.3, -0.25) is 0 Å². The summed E-state index contributed by atoms with van der Waals surface area (Å²) in [5, 5.41) is 17.7. The van der Waals surface area contributed by atoms with Crippen molar-refractivity contribution in [1.29, 1.82) is 0 Å². The molecule has 4 aromatic rings. The van der Waals surface area contributed by atoms with E-state index in [9.17, 15) is 0 Å². The first-order valence-corrected chi connectivity index (χ1v) is 6.48. The van der Waals surface area contributed by atoms with Crippen LogP contribution >= 0.6 is 0 Å². The lowest BCUT2D eigenvalue weighted by Crippen LogP contribution is -2.12. The second-order valence-electron chi connectivity index (χ2n) is 4.57. The van der Waals surface area contributed by atoms with Crippen LogP contribution in [0.5, 0.6) is 0 Å². The van der Waals surface area contributed by atoms with E-state index < -0.39 is 0 Å². The molecule has 20 heavy (non-hydrogen) atoms. The fraction of sp³-hybridized carbons (Fsp3) is 0.143. The van der Waals surface area contributed by atoms with Gasteiger partial charge in [0.05, 0.1) is 13.1 Å². The molecule has 0 N–H and O–H groups in total. The molecular weight excluding hydrogens is 252 g/mol. The van der Waals surface area contributed by atoms with E-state index in [1.807, 2.05) is 48.5 Å². The Hall–Kier alpha value is -2.76. The number of hydrogen-bond donors (Lipinski definition) is 0. The maximum Gasteiger partial charge on any atom is 0.113 e. The molecule has 2 heterocycles. The SMILES string of the molecule is c1ccc2nn(CCn3nc4ccccc4n3)nc2c1. The van der Waals surface area contributed by atoms with E-state index in [1.165, 1.54) is 0 Å². The van der Waals surface area contributed by atoms with Gasteiger partial charge >= 0.3 is 0 Å². The van der Waals surface area contributed by atoms with Crippen LogP contribution in [0.15, 0.2) is 48.5 Å². The fourth-order valence-corrected chi connectivity index (χ4v) is 2.19. The van der Waals surface area contributed by atoms with Crippen LogP contribution in [0, 0.1) is 0 Å². The summed E-state index contributed by atoms with van der Waals surface area (Å²) in [5.41, 5.74) is 3.63. The quantitative estimate of drug-likeness (QED) is 0.567. The molecule has 0 amide bonds. The Balaban J connectivity index is 1.57. The van der Waals surface area contributed by atoms with Crippen molar-refractivity contribution in [1.82, 2.24) is 30.0 Å². The number of rotatable bonds is 3. The molecule has 0 aliphatic carbocycles. The van der Waals surface area contributed by atoms with E-state index in [0.29, 0.717) is 13.1 Å². The first kappa shape index (κ1) is 11.1. The first-order valence-electron chi connectivity index (χ1n) is 6.48. The molecule has 0 aliphatic rings. The molecule has 0 fully saturated rings. The van der Waals surface area contributed by atoms with Gasteiger partial charge in [0.2, 0.25) is 0 Å². The zero-order valence-electron chi connectivity index (χ0n) is 10.7. The Kier molecular flexibility index (Phi) is 2.45. The summed E-state index contributed by atoms with van der Waals surface area (Å²) < 4.78 is 0. The maximum atomic E-state index is 4.42. The normalized spacial score (nSPS) is 11.4. The Bertz CT molecular complexity index is 735. The summed E-state index contributed by atoms with van der Waals surface area (Å²) >= 11 is 0. The minimum absolute atomic E-state index is 0.648. The Morgan fingerprint density at radius 3 is 1.15 bits per heavy atom. The van der Waals surface area contributed by atoms with Crippen LogP contribution in [0.2, 0.25) is 0 Å². The minimum atomic E-state index is 0.648. The molecule has 0 saturated heterocycles. The van der Waals surface area contributed by atoms with E-state index in [4.69, 9.17) is 0 Å². The number of hydrogen-bond acceptors (Lipinski definition) is 4. The molecular formula is C14H12N6. The molecule has 6 nitrogen and oxygen atoms in total. The fourth-order valence-electron chi connectivity index (χ4n) is 2.19. The molecule has 6 heteroatoms. The predicted octanol–water partition coefficient (Wildman–Crippen LogP) is 1.88. The number of benzene rings is 2. The highest BCUT2D eigenvalue weighted by Gasteiger charge is 2.04. The zero-order chi connectivity index (χ0) is 13.4. The van der Waals surface area contributed by atoms with Gasteiger partial charge in [0.25, 0.3) is 0 Å². The minimum Gasteiger partial charge on any atom is -0.182 e. The highest BCUT2D eigenvalue weighted by Crippen LogP contribution is 2.08. The average Bonchev–Trinajstić information content (AvgIpc) is 3.07. The van der Waals surface area contributed by atoms with Crippen LogP contribution in [0.3, 0.4) is 0 Å². The molecule has 2 aromatic heterocycles. The van der Waals surface area contributed by atoms with Gasteiger partial charge in [-0.25, -0.2) is 0 Å². The van der Waals surface area contributed by atoms with E-state index >= 15 is 0 Å². The second-order valence-corrected chi connectivity index (χ2v) is 4.57. The number of aryl methyl sites for hydroxylation is 2. The molecule has 2 aromatic carbocycles. The number of fused-ring (bicyclic) bond motifs is 2. The standard InChI is InChI=1S/C14H12N6/c1-2-6-12-11(5-1)15-19(16-12)9-10-20-17-13-7-3-4-8-14(13)18-20/h1-8H,9-10H2. The lowest BCUT2D eigenvalue weighted by Gasteiger charge is -1.98. The van der Waals surface area contributed by atoms with Crippen molar-refractivity contribution >= 4 is 22.1 Å². The van der Waals surface area contributed by atoms with Crippen molar-refractivity contribution in [3.8, 4) is 0 Å².